The van der Waals surface area contributed by atoms with Gasteiger partial charge in [0.1, 0.15) is 5.84 Å². The summed E-state index contributed by atoms with van der Waals surface area (Å²) in [6, 6.07) is 0. The number of amidine groups is 1. The Hall–Kier alpha value is -1.56. The summed E-state index contributed by atoms with van der Waals surface area (Å²) in [5.41, 5.74) is 5.44. The van der Waals surface area contributed by atoms with E-state index in [1.165, 1.54) is 0 Å². The van der Waals surface area contributed by atoms with E-state index in [0.29, 0.717) is 6.54 Å². The minimum Gasteiger partial charge on any atom is -0.409 e. The van der Waals surface area contributed by atoms with Crippen molar-refractivity contribution in [1.82, 2.24) is 14.9 Å². The first-order chi connectivity index (χ1) is 7.24. The summed E-state index contributed by atoms with van der Waals surface area (Å²) in [6.45, 7) is 4.30. The molecule has 1 unspecified atom stereocenters. The van der Waals surface area contributed by atoms with Gasteiger partial charge < -0.3 is 20.8 Å². The Bertz CT molecular complexity index is 295. The lowest BCUT2D eigenvalue weighted by Crippen LogP contribution is -2.32. The van der Waals surface area contributed by atoms with Gasteiger partial charge in [-0.1, -0.05) is 12.1 Å². The van der Waals surface area contributed by atoms with E-state index in [4.69, 9.17) is 10.9 Å². The zero-order chi connectivity index (χ0) is 11.1. The smallest absolute Gasteiger partial charge is 0.143 e. The van der Waals surface area contributed by atoms with Crippen molar-refractivity contribution in [3.63, 3.8) is 0 Å². The molecule has 84 valence electrons. The fourth-order valence-electron chi connectivity index (χ4n) is 1.15. The molecule has 1 atom stereocenters. The lowest BCUT2D eigenvalue weighted by molar-refractivity contribution is 0.314. The number of nitrogens with zero attached hydrogens (tertiary/aromatic N) is 3. The number of hydrogen-bond acceptors (Lipinski definition) is 4. The molecular weight excluding hydrogens is 194 g/mol. The Kier molecular flexibility index (Phi) is 4.62. The van der Waals surface area contributed by atoms with Crippen LogP contribution in [0, 0.1) is 5.92 Å². The van der Waals surface area contributed by atoms with E-state index in [1.807, 2.05) is 17.7 Å². The molecule has 0 saturated heterocycles. The molecule has 0 aliphatic rings. The minimum atomic E-state index is 0.0396. The van der Waals surface area contributed by atoms with Gasteiger partial charge in [0, 0.05) is 37.9 Å². The molecule has 4 N–H and O–H groups in total. The zero-order valence-electron chi connectivity index (χ0n) is 8.80. The quantitative estimate of drug-likeness (QED) is 0.201. The summed E-state index contributed by atoms with van der Waals surface area (Å²) in [5, 5.41) is 14.6. The molecule has 0 fully saturated rings. The predicted octanol–water partition coefficient (Wildman–Crippen LogP) is -0.145. The Labute approximate surface area is 88.8 Å². The molecule has 0 bridgehead atoms. The predicted molar refractivity (Wildman–Crippen MR) is 57.7 cm³/mol. The highest BCUT2D eigenvalue weighted by molar-refractivity contribution is 5.82. The number of hydrogen-bond donors (Lipinski definition) is 3. The van der Waals surface area contributed by atoms with Crippen LogP contribution in [0.15, 0.2) is 23.9 Å². The first kappa shape index (κ1) is 11.5. The van der Waals surface area contributed by atoms with E-state index in [-0.39, 0.29) is 11.8 Å². The van der Waals surface area contributed by atoms with Crippen LogP contribution in [0.1, 0.15) is 6.92 Å². The number of nitrogens with one attached hydrogen (secondary N) is 1. The van der Waals surface area contributed by atoms with Crippen molar-refractivity contribution >= 4 is 5.84 Å². The first-order valence-electron chi connectivity index (χ1n) is 4.88. The van der Waals surface area contributed by atoms with Gasteiger partial charge >= 0.3 is 0 Å². The van der Waals surface area contributed by atoms with Gasteiger partial charge in [0.05, 0.1) is 6.33 Å². The Morgan fingerprint density at radius 3 is 3.13 bits per heavy atom. The molecule has 0 spiro atoms. The molecule has 1 aromatic rings. The second-order valence-electron chi connectivity index (χ2n) is 3.43. The van der Waals surface area contributed by atoms with Crippen molar-refractivity contribution in [3.8, 4) is 0 Å². The highest BCUT2D eigenvalue weighted by atomic mass is 16.4. The van der Waals surface area contributed by atoms with Crippen LogP contribution in [0.3, 0.4) is 0 Å². The molecule has 0 amide bonds. The van der Waals surface area contributed by atoms with Crippen LogP contribution < -0.4 is 11.1 Å². The van der Waals surface area contributed by atoms with Crippen LogP contribution in [-0.2, 0) is 6.54 Å². The van der Waals surface area contributed by atoms with Gasteiger partial charge in [-0.2, -0.15) is 0 Å². The average molecular weight is 211 g/mol. The highest BCUT2D eigenvalue weighted by Gasteiger charge is 2.05. The Morgan fingerprint density at radius 1 is 1.73 bits per heavy atom. The topological polar surface area (TPSA) is 88.5 Å². The summed E-state index contributed by atoms with van der Waals surface area (Å²) < 4.78 is 1.99. The molecular formula is C9H17N5O. The summed E-state index contributed by atoms with van der Waals surface area (Å²) in [7, 11) is 0. The van der Waals surface area contributed by atoms with Gasteiger partial charge in [0.2, 0.25) is 0 Å². The van der Waals surface area contributed by atoms with Crippen LogP contribution in [-0.4, -0.2) is 33.7 Å². The molecule has 1 rings (SSSR count). The molecule has 0 saturated carbocycles. The second-order valence-corrected chi connectivity index (χ2v) is 3.43. The Morgan fingerprint density at radius 2 is 2.53 bits per heavy atom. The third kappa shape index (κ3) is 3.99. The molecule has 15 heavy (non-hydrogen) atoms. The van der Waals surface area contributed by atoms with Gasteiger partial charge in [0.25, 0.3) is 0 Å². The summed E-state index contributed by atoms with van der Waals surface area (Å²) in [4.78, 5) is 3.94. The molecule has 0 aliphatic carbocycles. The van der Waals surface area contributed by atoms with Crippen LogP contribution in [0.4, 0.5) is 0 Å². The second kappa shape index (κ2) is 6.02. The maximum atomic E-state index is 8.43. The zero-order valence-corrected chi connectivity index (χ0v) is 8.80. The molecule has 0 radical (unpaired) electrons. The number of oxime groups is 1. The monoisotopic (exact) mass is 211 g/mol. The van der Waals surface area contributed by atoms with E-state index in [0.717, 1.165) is 13.1 Å². The standard InChI is InChI=1S/C9H17N5O/c1-8(9(10)13-15)6-11-2-4-14-5-3-12-7-14/h3,5,7-8,11,15H,2,4,6H2,1H3,(H2,10,13). The van der Waals surface area contributed by atoms with Gasteiger partial charge in [-0.3, -0.25) is 0 Å². The van der Waals surface area contributed by atoms with E-state index >= 15 is 0 Å². The van der Waals surface area contributed by atoms with Gasteiger partial charge in [-0.05, 0) is 0 Å². The SMILES string of the molecule is CC(CNCCn1ccnc1)C(N)=NO. The number of imidazole rings is 1. The molecule has 0 aliphatic heterocycles. The molecule has 6 heteroatoms. The van der Waals surface area contributed by atoms with E-state index in [1.54, 1.807) is 12.5 Å². The van der Waals surface area contributed by atoms with Crippen molar-refractivity contribution in [3.05, 3.63) is 18.7 Å². The van der Waals surface area contributed by atoms with Crippen molar-refractivity contribution < 1.29 is 5.21 Å². The van der Waals surface area contributed by atoms with E-state index in [2.05, 4.69) is 15.5 Å². The third-order valence-corrected chi connectivity index (χ3v) is 2.18. The Balaban J connectivity index is 2.12. The van der Waals surface area contributed by atoms with Crippen LogP contribution in [0.25, 0.3) is 0 Å². The number of rotatable bonds is 6. The fraction of sp³-hybridized carbons (Fsp3) is 0.556. The van der Waals surface area contributed by atoms with Crippen molar-refractivity contribution in [1.29, 1.82) is 0 Å². The normalized spacial score (nSPS) is 14.1. The van der Waals surface area contributed by atoms with Gasteiger partial charge in [-0.25, -0.2) is 4.98 Å². The van der Waals surface area contributed by atoms with Crippen LogP contribution in [0.2, 0.25) is 0 Å². The van der Waals surface area contributed by atoms with Gasteiger partial charge in [0.15, 0.2) is 0 Å². The van der Waals surface area contributed by atoms with Crippen molar-refractivity contribution in [2.45, 2.75) is 13.5 Å². The third-order valence-electron chi connectivity index (χ3n) is 2.18. The maximum absolute atomic E-state index is 8.43. The lowest BCUT2D eigenvalue weighted by Gasteiger charge is -2.10. The highest BCUT2D eigenvalue weighted by Crippen LogP contribution is 1.92. The number of nitrogens with two attached hydrogens (primary N) is 1. The summed E-state index contributed by atoms with van der Waals surface area (Å²) in [6.07, 6.45) is 5.43. The van der Waals surface area contributed by atoms with E-state index < -0.39 is 0 Å². The van der Waals surface area contributed by atoms with Crippen molar-refractivity contribution in [2.75, 3.05) is 13.1 Å². The summed E-state index contributed by atoms with van der Waals surface area (Å²) >= 11 is 0. The van der Waals surface area contributed by atoms with Crippen LogP contribution in [0.5, 0.6) is 0 Å². The average Bonchev–Trinajstić information content (AvgIpc) is 2.75. The summed E-state index contributed by atoms with van der Waals surface area (Å²) in [5.74, 6) is 0.294. The van der Waals surface area contributed by atoms with E-state index in [9.17, 15) is 0 Å². The first-order valence-corrected chi connectivity index (χ1v) is 4.88. The molecule has 1 heterocycles. The van der Waals surface area contributed by atoms with Crippen LogP contribution >= 0.6 is 0 Å². The largest absolute Gasteiger partial charge is 0.409 e. The van der Waals surface area contributed by atoms with Crippen molar-refractivity contribution in [2.24, 2.45) is 16.8 Å². The molecule has 6 nitrogen and oxygen atoms in total. The fourth-order valence-corrected chi connectivity index (χ4v) is 1.15. The lowest BCUT2D eigenvalue weighted by atomic mass is 10.1. The minimum absolute atomic E-state index is 0.0396. The number of aromatic nitrogens is 2. The maximum Gasteiger partial charge on any atom is 0.143 e. The molecule has 1 aromatic heterocycles. The van der Waals surface area contributed by atoms with Gasteiger partial charge in [-0.15, -0.1) is 0 Å². The molecule has 0 aromatic carbocycles.